The molecule has 2 saturated heterocycles. The largest absolute Gasteiger partial charge is 0.454 e. The van der Waals surface area contributed by atoms with Crippen molar-refractivity contribution < 1.29 is 28.6 Å². The van der Waals surface area contributed by atoms with E-state index in [2.05, 4.69) is 5.32 Å². The number of morpholine rings is 1. The lowest BCUT2D eigenvalue weighted by atomic mass is 9.87. The van der Waals surface area contributed by atoms with Crippen LogP contribution in [0.15, 0.2) is 42.5 Å². The third-order valence-corrected chi connectivity index (χ3v) is 7.07. The topological polar surface area (TPSA) is 97.4 Å². The molecule has 0 bridgehead atoms. The van der Waals surface area contributed by atoms with Crippen molar-refractivity contribution in [2.24, 2.45) is 5.92 Å². The van der Waals surface area contributed by atoms with Gasteiger partial charge in [0, 0.05) is 37.3 Å². The molecule has 9 nitrogen and oxygen atoms in total. The summed E-state index contributed by atoms with van der Waals surface area (Å²) in [6.45, 7) is 5.11. The minimum Gasteiger partial charge on any atom is -0.454 e. The summed E-state index contributed by atoms with van der Waals surface area (Å²) < 4.78 is 16.1. The molecule has 0 aliphatic carbocycles. The summed E-state index contributed by atoms with van der Waals surface area (Å²) in [6.07, 6.45) is 1.23. The number of benzene rings is 2. The fraction of sp³-hybridized carbons (Fsp3) is 0.444. The van der Waals surface area contributed by atoms with Gasteiger partial charge in [-0.25, -0.2) is 0 Å². The van der Waals surface area contributed by atoms with Crippen molar-refractivity contribution >= 4 is 17.7 Å². The Morgan fingerprint density at radius 2 is 1.64 bits per heavy atom. The Morgan fingerprint density at radius 3 is 2.39 bits per heavy atom. The van der Waals surface area contributed by atoms with Crippen LogP contribution in [0.4, 0.5) is 0 Å². The lowest BCUT2D eigenvalue weighted by Gasteiger charge is -2.38. The van der Waals surface area contributed by atoms with Crippen LogP contribution in [0.1, 0.15) is 39.1 Å². The highest BCUT2D eigenvalue weighted by molar-refractivity contribution is 5.98. The second-order valence-corrected chi connectivity index (χ2v) is 9.46. The molecule has 190 valence electrons. The lowest BCUT2D eigenvalue weighted by molar-refractivity contribution is -0.139. The van der Waals surface area contributed by atoms with Gasteiger partial charge in [0.15, 0.2) is 11.5 Å². The third-order valence-electron chi connectivity index (χ3n) is 7.07. The zero-order valence-corrected chi connectivity index (χ0v) is 20.4. The number of aryl methyl sites for hydroxylation is 1. The van der Waals surface area contributed by atoms with Gasteiger partial charge in [-0.1, -0.05) is 17.7 Å². The van der Waals surface area contributed by atoms with Gasteiger partial charge in [-0.05, 0) is 56.0 Å². The molecule has 1 N–H and O–H groups in total. The van der Waals surface area contributed by atoms with E-state index in [1.54, 1.807) is 34.1 Å². The van der Waals surface area contributed by atoms with Gasteiger partial charge in [-0.3, -0.25) is 14.4 Å². The normalized spacial score (nSPS) is 18.6. The second-order valence-electron chi connectivity index (χ2n) is 9.46. The Hall–Kier alpha value is -3.59. The number of rotatable bonds is 5. The monoisotopic (exact) mass is 493 g/mol. The highest BCUT2D eigenvalue weighted by Crippen LogP contribution is 2.33. The molecular formula is C27H31N3O6. The first-order valence-corrected chi connectivity index (χ1v) is 12.4. The molecule has 36 heavy (non-hydrogen) atoms. The molecule has 3 aliphatic heterocycles. The summed E-state index contributed by atoms with van der Waals surface area (Å²) in [5, 5.41) is 3.03. The molecule has 0 saturated carbocycles. The first-order valence-electron chi connectivity index (χ1n) is 12.4. The Balaban J connectivity index is 1.28. The highest BCUT2D eigenvalue weighted by Gasteiger charge is 2.37. The molecule has 3 aliphatic rings. The van der Waals surface area contributed by atoms with Crippen LogP contribution in [0, 0.1) is 12.8 Å². The van der Waals surface area contributed by atoms with Crippen LogP contribution in [0.5, 0.6) is 11.5 Å². The van der Waals surface area contributed by atoms with E-state index in [4.69, 9.17) is 14.2 Å². The second kappa shape index (κ2) is 10.6. The number of carbonyl (C=O) groups excluding carboxylic acids is 3. The van der Waals surface area contributed by atoms with Gasteiger partial charge in [-0.2, -0.15) is 0 Å². The van der Waals surface area contributed by atoms with Gasteiger partial charge in [-0.15, -0.1) is 0 Å². The standard InChI is InChI=1S/C27H31N3O6/c1-18-3-2-4-20(15-18)25(31)28-24(27(33)30-11-13-34-14-12-30)19-7-9-29(10-8-19)26(32)21-5-6-22-23(16-21)36-17-35-22/h2-6,15-16,19,24H,7-14,17H2,1H3,(H,28,31)/t24-/m0/s1. The summed E-state index contributed by atoms with van der Waals surface area (Å²) in [6, 6.07) is 11.9. The Labute approximate surface area is 210 Å². The number of hydrogen-bond acceptors (Lipinski definition) is 6. The van der Waals surface area contributed by atoms with Crippen LogP contribution >= 0.6 is 0 Å². The number of carbonyl (C=O) groups is 3. The van der Waals surface area contributed by atoms with Crippen molar-refractivity contribution in [2.75, 3.05) is 46.2 Å². The van der Waals surface area contributed by atoms with Crippen molar-refractivity contribution in [3.8, 4) is 11.5 Å². The molecule has 0 spiro atoms. The summed E-state index contributed by atoms with van der Waals surface area (Å²) >= 11 is 0. The number of fused-ring (bicyclic) bond motifs is 1. The van der Waals surface area contributed by atoms with Crippen LogP contribution in [0.3, 0.4) is 0 Å². The zero-order chi connectivity index (χ0) is 25.1. The van der Waals surface area contributed by atoms with Crippen LogP contribution in [0.25, 0.3) is 0 Å². The van der Waals surface area contributed by atoms with Crippen molar-refractivity contribution in [3.63, 3.8) is 0 Å². The molecule has 3 heterocycles. The number of amides is 3. The number of nitrogens with zero attached hydrogens (tertiary/aromatic N) is 2. The number of piperidine rings is 1. The molecule has 1 atom stereocenters. The SMILES string of the molecule is Cc1cccc(C(=O)N[C@H](C(=O)N2CCOCC2)C2CCN(C(=O)c3ccc4c(c3)OCO4)CC2)c1. The smallest absolute Gasteiger partial charge is 0.253 e. The summed E-state index contributed by atoms with van der Waals surface area (Å²) in [4.78, 5) is 43.3. The number of nitrogens with one attached hydrogen (secondary N) is 1. The lowest BCUT2D eigenvalue weighted by Crippen LogP contribution is -2.56. The van der Waals surface area contributed by atoms with Crippen LogP contribution in [-0.4, -0.2) is 79.7 Å². The molecule has 2 aromatic carbocycles. The third kappa shape index (κ3) is 5.16. The predicted octanol–water partition coefficient (Wildman–Crippen LogP) is 2.23. The van der Waals surface area contributed by atoms with E-state index >= 15 is 0 Å². The minimum absolute atomic E-state index is 0.0742. The van der Waals surface area contributed by atoms with E-state index in [9.17, 15) is 14.4 Å². The Kier molecular flexibility index (Phi) is 7.09. The molecule has 3 amide bonds. The number of ether oxygens (including phenoxy) is 3. The Bertz CT molecular complexity index is 1140. The molecule has 0 radical (unpaired) electrons. The van der Waals surface area contributed by atoms with E-state index in [0.717, 1.165) is 5.56 Å². The number of hydrogen-bond donors (Lipinski definition) is 1. The molecule has 2 aromatic rings. The van der Waals surface area contributed by atoms with Gasteiger partial charge in [0.1, 0.15) is 6.04 Å². The average Bonchev–Trinajstić information content (AvgIpc) is 3.39. The van der Waals surface area contributed by atoms with Gasteiger partial charge in [0.25, 0.3) is 11.8 Å². The van der Waals surface area contributed by atoms with E-state index in [1.165, 1.54) is 0 Å². The fourth-order valence-corrected chi connectivity index (χ4v) is 5.02. The van der Waals surface area contributed by atoms with Gasteiger partial charge in [0.2, 0.25) is 12.7 Å². The van der Waals surface area contributed by atoms with Crippen molar-refractivity contribution in [2.45, 2.75) is 25.8 Å². The molecule has 5 rings (SSSR count). The summed E-state index contributed by atoms with van der Waals surface area (Å²) in [5.74, 6) is 0.718. The van der Waals surface area contributed by atoms with E-state index in [1.807, 2.05) is 25.1 Å². The molecule has 0 unspecified atom stereocenters. The van der Waals surface area contributed by atoms with E-state index in [-0.39, 0.29) is 30.4 Å². The average molecular weight is 494 g/mol. The van der Waals surface area contributed by atoms with Crippen molar-refractivity contribution in [1.29, 1.82) is 0 Å². The van der Waals surface area contributed by atoms with E-state index in [0.29, 0.717) is 74.9 Å². The maximum atomic E-state index is 13.5. The van der Waals surface area contributed by atoms with Crippen molar-refractivity contribution in [1.82, 2.24) is 15.1 Å². The highest BCUT2D eigenvalue weighted by atomic mass is 16.7. The zero-order valence-electron chi connectivity index (χ0n) is 20.4. The van der Waals surface area contributed by atoms with Crippen LogP contribution in [0.2, 0.25) is 0 Å². The predicted molar refractivity (Wildman–Crippen MR) is 131 cm³/mol. The summed E-state index contributed by atoms with van der Waals surface area (Å²) in [7, 11) is 0. The molecule has 9 heteroatoms. The first kappa shape index (κ1) is 24.1. The summed E-state index contributed by atoms with van der Waals surface area (Å²) in [5.41, 5.74) is 2.06. The maximum absolute atomic E-state index is 13.5. The first-order chi connectivity index (χ1) is 17.5. The van der Waals surface area contributed by atoms with Gasteiger partial charge >= 0.3 is 0 Å². The fourth-order valence-electron chi connectivity index (χ4n) is 5.02. The Morgan fingerprint density at radius 1 is 0.889 bits per heavy atom. The van der Waals surface area contributed by atoms with Gasteiger partial charge < -0.3 is 29.3 Å². The van der Waals surface area contributed by atoms with Crippen LogP contribution in [-0.2, 0) is 9.53 Å². The van der Waals surface area contributed by atoms with Crippen LogP contribution < -0.4 is 14.8 Å². The minimum atomic E-state index is -0.654. The molecular weight excluding hydrogens is 462 g/mol. The quantitative estimate of drug-likeness (QED) is 0.686. The van der Waals surface area contributed by atoms with Crippen molar-refractivity contribution in [3.05, 3.63) is 59.2 Å². The van der Waals surface area contributed by atoms with Gasteiger partial charge in [0.05, 0.1) is 13.2 Å². The molecule has 2 fully saturated rings. The maximum Gasteiger partial charge on any atom is 0.253 e. The number of likely N-dealkylation sites (tertiary alicyclic amines) is 1. The van der Waals surface area contributed by atoms with E-state index < -0.39 is 6.04 Å². The molecule has 0 aromatic heterocycles.